The maximum absolute atomic E-state index is 12.2. The molecular formula is C14H19N3O3S. The SMILES string of the molecule is C#CCCCNCCS(=O)(=O)c1cccc(/C(N)=N\O)c1. The molecule has 6 nitrogen and oxygen atoms in total. The first-order valence-corrected chi connectivity index (χ1v) is 8.11. The van der Waals surface area contributed by atoms with Crippen molar-refractivity contribution in [2.45, 2.75) is 17.7 Å². The first-order valence-electron chi connectivity index (χ1n) is 6.46. The number of oxime groups is 1. The summed E-state index contributed by atoms with van der Waals surface area (Å²) in [7, 11) is -3.41. The Morgan fingerprint density at radius 2 is 2.19 bits per heavy atom. The van der Waals surface area contributed by atoms with Gasteiger partial charge in [-0.05, 0) is 25.1 Å². The van der Waals surface area contributed by atoms with Crippen molar-refractivity contribution in [1.82, 2.24) is 5.32 Å². The minimum atomic E-state index is -3.41. The zero-order chi connectivity index (χ0) is 15.7. The molecule has 0 aromatic heterocycles. The first kappa shape index (κ1) is 17.0. The summed E-state index contributed by atoms with van der Waals surface area (Å²) < 4.78 is 24.3. The Morgan fingerprint density at radius 3 is 2.86 bits per heavy atom. The van der Waals surface area contributed by atoms with E-state index in [-0.39, 0.29) is 16.5 Å². The lowest BCUT2D eigenvalue weighted by Crippen LogP contribution is -2.24. The second-order valence-corrected chi connectivity index (χ2v) is 6.50. The Balaban J connectivity index is 2.64. The molecule has 0 saturated carbocycles. The number of unbranched alkanes of at least 4 members (excludes halogenated alkanes) is 1. The van der Waals surface area contributed by atoms with E-state index >= 15 is 0 Å². The monoisotopic (exact) mass is 309 g/mol. The summed E-state index contributed by atoms with van der Waals surface area (Å²) >= 11 is 0. The van der Waals surface area contributed by atoms with Gasteiger partial charge in [0, 0.05) is 18.5 Å². The van der Waals surface area contributed by atoms with Crippen LogP contribution in [0.2, 0.25) is 0 Å². The smallest absolute Gasteiger partial charge is 0.179 e. The van der Waals surface area contributed by atoms with Crippen molar-refractivity contribution in [2.24, 2.45) is 10.9 Å². The van der Waals surface area contributed by atoms with E-state index in [1.807, 2.05) is 0 Å². The van der Waals surface area contributed by atoms with Crippen LogP contribution in [0.25, 0.3) is 0 Å². The van der Waals surface area contributed by atoms with Crippen LogP contribution in [0.4, 0.5) is 0 Å². The summed E-state index contributed by atoms with van der Waals surface area (Å²) in [6, 6.07) is 6.01. The van der Waals surface area contributed by atoms with E-state index < -0.39 is 9.84 Å². The molecule has 0 bridgehead atoms. The third kappa shape index (κ3) is 5.45. The summed E-state index contributed by atoms with van der Waals surface area (Å²) in [5, 5.41) is 14.5. The van der Waals surface area contributed by atoms with Crippen molar-refractivity contribution in [1.29, 1.82) is 0 Å². The Morgan fingerprint density at radius 1 is 1.43 bits per heavy atom. The molecule has 114 valence electrons. The van der Waals surface area contributed by atoms with Gasteiger partial charge in [0.1, 0.15) is 0 Å². The van der Waals surface area contributed by atoms with Crippen molar-refractivity contribution in [2.75, 3.05) is 18.8 Å². The van der Waals surface area contributed by atoms with Gasteiger partial charge in [0.05, 0.1) is 10.6 Å². The van der Waals surface area contributed by atoms with E-state index in [1.165, 1.54) is 12.1 Å². The number of nitrogens with one attached hydrogen (secondary N) is 1. The molecule has 1 aromatic rings. The second-order valence-electron chi connectivity index (χ2n) is 4.39. The average Bonchev–Trinajstić information content (AvgIpc) is 2.50. The van der Waals surface area contributed by atoms with Crippen molar-refractivity contribution in [3.8, 4) is 12.3 Å². The highest BCUT2D eigenvalue weighted by Crippen LogP contribution is 2.13. The molecule has 0 aliphatic carbocycles. The number of hydrogen-bond acceptors (Lipinski definition) is 5. The molecule has 0 unspecified atom stereocenters. The Bertz CT molecular complexity index is 633. The molecule has 0 amide bonds. The summed E-state index contributed by atoms with van der Waals surface area (Å²) in [5.74, 6) is 2.37. The van der Waals surface area contributed by atoms with E-state index in [0.29, 0.717) is 25.1 Å². The van der Waals surface area contributed by atoms with Gasteiger partial charge in [-0.3, -0.25) is 0 Å². The fourth-order valence-corrected chi connectivity index (χ4v) is 2.91. The van der Waals surface area contributed by atoms with Gasteiger partial charge in [0.2, 0.25) is 0 Å². The predicted octanol–water partition coefficient (Wildman–Crippen LogP) is 0.558. The van der Waals surface area contributed by atoms with E-state index in [0.717, 1.165) is 6.42 Å². The van der Waals surface area contributed by atoms with Crippen molar-refractivity contribution >= 4 is 15.7 Å². The van der Waals surface area contributed by atoms with Gasteiger partial charge in [-0.25, -0.2) is 8.42 Å². The zero-order valence-corrected chi connectivity index (χ0v) is 12.4. The minimum absolute atomic E-state index is 0.0251. The zero-order valence-electron chi connectivity index (χ0n) is 11.6. The normalized spacial score (nSPS) is 12.0. The van der Waals surface area contributed by atoms with Crippen LogP contribution in [0.3, 0.4) is 0 Å². The molecule has 21 heavy (non-hydrogen) atoms. The topological polar surface area (TPSA) is 105 Å². The molecule has 1 rings (SSSR count). The first-order chi connectivity index (χ1) is 10.0. The molecule has 0 aliphatic rings. The lowest BCUT2D eigenvalue weighted by atomic mass is 10.2. The van der Waals surface area contributed by atoms with Crippen LogP contribution in [0.1, 0.15) is 18.4 Å². The molecule has 0 fully saturated rings. The molecular weight excluding hydrogens is 290 g/mol. The highest BCUT2D eigenvalue weighted by Gasteiger charge is 2.15. The number of sulfone groups is 1. The fraction of sp³-hybridized carbons (Fsp3) is 0.357. The van der Waals surface area contributed by atoms with Crippen LogP contribution in [0, 0.1) is 12.3 Å². The highest BCUT2D eigenvalue weighted by molar-refractivity contribution is 7.91. The fourth-order valence-electron chi connectivity index (χ4n) is 1.67. The van der Waals surface area contributed by atoms with Crippen LogP contribution in [0.15, 0.2) is 34.3 Å². The number of hydrogen-bond donors (Lipinski definition) is 3. The van der Waals surface area contributed by atoms with Gasteiger partial charge in [-0.1, -0.05) is 17.3 Å². The summed E-state index contributed by atoms with van der Waals surface area (Å²) in [4.78, 5) is 0.150. The van der Waals surface area contributed by atoms with Crippen LogP contribution in [-0.2, 0) is 9.84 Å². The Kier molecular flexibility index (Phi) is 6.72. The number of nitrogens with zero attached hydrogens (tertiary/aromatic N) is 1. The predicted molar refractivity (Wildman–Crippen MR) is 81.9 cm³/mol. The van der Waals surface area contributed by atoms with Gasteiger partial charge in [0.25, 0.3) is 0 Å². The van der Waals surface area contributed by atoms with Gasteiger partial charge in [0.15, 0.2) is 15.7 Å². The van der Waals surface area contributed by atoms with Gasteiger partial charge in [-0.2, -0.15) is 0 Å². The lowest BCUT2D eigenvalue weighted by molar-refractivity contribution is 0.318. The van der Waals surface area contributed by atoms with Crippen LogP contribution in [0.5, 0.6) is 0 Å². The number of terminal acetylenes is 1. The molecule has 7 heteroatoms. The maximum atomic E-state index is 12.2. The van der Waals surface area contributed by atoms with E-state index in [2.05, 4.69) is 16.4 Å². The quantitative estimate of drug-likeness (QED) is 0.162. The molecule has 0 heterocycles. The average molecular weight is 309 g/mol. The number of amidine groups is 1. The number of benzene rings is 1. The standard InChI is InChI=1S/C14H19N3O3S/c1-2-3-4-8-16-9-10-21(19,20)13-7-5-6-12(11-13)14(15)17-18/h1,5-7,11,16,18H,3-4,8-10H2,(H2,15,17). The largest absolute Gasteiger partial charge is 0.409 e. The van der Waals surface area contributed by atoms with Gasteiger partial charge in [-0.15, -0.1) is 12.3 Å². The summed E-state index contributed by atoms with van der Waals surface area (Å²) in [6.45, 7) is 1.03. The molecule has 4 N–H and O–H groups in total. The minimum Gasteiger partial charge on any atom is -0.409 e. The Hall–Kier alpha value is -2.04. The van der Waals surface area contributed by atoms with E-state index in [1.54, 1.807) is 12.1 Å². The summed E-state index contributed by atoms with van der Waals surface area (Å²) in [6.07, 6.45) is 6.61. The third-order valence-electron chi connectivity index (χ3n) is 2.82. The van der Waals surface area contributed by atoms with Crippen molar-refractivity contribution < 1.29 is 13.6 Å². The second kappa shape index (κ2) is 8.29. The van der Waals surface area contributed by atoms with Gasteiger partial charge >= 0.3 is 0 Å². The van der Waals surface area contributed by atoms with Crippen LogP contribution < -0.4 is 11.1 Å². The molecule has 0 atom stereocenters. The van der Waals surface area contributed by atoms with Gasteiger partial charge < -0.3 is 16.3 Å². The van der Waals surface area contributed by atoms with Crippen molar-refractivity contribution in [3.63, 3.8) is 0 Å². The van der Waals surface area contributed by atoms with Crippen molar-refractivity contribution in [3.05, 3.63) is 29.8 Å². The van der Waals surface area contributed by atoms with E-state index in [9.17, 15) is 8.42 Å². The third-order valence-corrected chi connectivity index (χ3v) is 4.53. The highest BCUT2D eigenvalue weighted by atomic mass is 32.2. The number of nitrogens with two attached hydrogens (primary N) is 1. The number of rotatable bonds is 8. The summed E-state index contributed by atoms with van der Waals surface area (Å²) in [5.41, 5.74) is 5.81. The molecule has 0 aliphatic heterocycles. The molecule has 0 spiro atoms. The molecule has 0 saturated heterocycles. The van der Waals surface area contributed by atoms with Crippen LogP contribution >= 0.6 is 0 Å². The lowest BCUT2D eigenvalue weighted by Gasteiger charge is -2.07. The van der Waals surface area contributed by atoms with E-state index in [4.69, 9.17) is 17.4 Å². The molecule has 0 radical (unpaired) electrons. The Labute approximate surface area is 125 Å². The maximum Gasteiger partial charge on any atom is 0.179 e. The van der Waals surface area contributed by atoms with Crippen LogP contribution in [-0.4, -0.2) is 38.3 Å². The molecule has 1 aromatic carbocycles.